The number of aromatic nitrogens is 6. The van der Waals surface area contributed by atoms with Gasteiger partial charge in [0.15, 0.2) is 0 Å². The number of carbonyl (C=O) groups is 3. The molecule has 0 aromatic carbocycles. The van der Waals surface area contributed by atoms with E-state index in [-0.39, 0.29) is 23.5 Å². The van der Waals surface area contributed by atoms with Gasteiger partial charge in [-0.3, -0.25) is 23.9 Å². The van der Waals surface area contributed by atoms with Crippen molar-refractivity contribution in [3.63, 3.8) is 0 Å². The van der Waals surface area contributed by atoms with Crippen molar-refractivity contribution in [3.05, 3.63) is 23.8 Å². The van der Waals surface area contributed by atoms with E-state index >= 15 is 0 Å². The highest BCUT2D eigenvalue weighted by molar-refractivity contribution is 6.02. The molecule has 2 aromatic rings. The summed E-state index contributed by atoms with van der Waals surface area (Å²) >= 11 is 0. The summed E-state index contributed by atoms with van der Waals surface area (Å²) in [5.41, 5.74) is 1.92. The van der Waals surface area contributed by atoms with E-state index < -0.39 is 0 Å². The molecular formula is C17H29N7O3. The molecule has 1 aliphatic heterocycles. The fourth-order valence-corrected chi connectivity index (χ4v) is 1.87. The molecule has 150 valence electrons. The molecule has 1 aliphatic rings. The first-order valence-electron chi connectivity index (χ1n) is 8.37. The average molecular weight is 379 g/mol. The molecule has 0 saturated carbocycles. The first-order chi connectivity index (χ1) is 12.4. The van der Waals surface area contributed by atoms with Crippen molar-refractivity contribution in [1.82, 2.24) is 34.9 Å². The van der Waals surface area contributed by atoms with Gasteiger partial charge in [0.05, 0.1) is 11.4 Å². The van der Waals surface area contributed by atoms with Crippen molar-refractivity contribution in [2.24, 2.45) is 20.0 Å². The molecule has 10 nitrogen and oxygen atoms in total. The minimum atomic E-state index is -0.0949. The third kappa shape index (κ3) is 10.6. The lowest BCUT2D eigenvalue weighted by molar-refractivity contribution is -0.137. The van der Waals surface area contributed by atoms with E-state index in [2.05, 4.69) is 20.6 Å². The van der Waals surface area contributed by atoms with Gasteiger partial charge in [-0.2, -0.15) is 0 Å². The van der Waals surface area contributed by atoms with Crippen LogP contribution in [0.5, 0.6) is 0 Å². The summed E-state index contributed by atoms with van der Waals surface area (Å²) in [6.07, 6.45) is 4.11. The van der Waals surface area contributed by atoms with Crippen LogP contribution in [0.2, 0.25) is 0 Å². The Kier molecular flexibility index (Phi) is 10.4. The maximum absolute atomic E-state index is 10.8. The number of imide groups is 1. The van der Waals surface area contributed by atoms with Crippen LogP contribution in [0.1, 0.15) is 38.6 Å². The lowest BCUT2D eigenvalue weighted by atomic mass is 10.1. The third-order valence-electron chi connectivity index (χ3n) is 3.04. The summed E-state index contributed by atoms with van der Waals surface area (Å²) in [5.74, 6) is -0.0463. The number of rotatable bonds is 0. The molecule has 0 N–H and O–H groups in total. The maximum atomic E-state index is 10.8. The standard InChI is InChI=1S/C6H9NO2.2C4H7N3.C3H6O/c1-4-3-5(8)7(2)6(4)9;2*1-4-3-7(2)6-5-4;1-3(2)4/h4H,3H2,1-2H3;2*3H,1-2H3;1-2H3. The molecule has 0 radical (unpaired) electrons. The maximum Gasteiger partial charge on any atom is 0.232 e. The van der Waals surface area contributed by atoms with Gasteiger partial charge in [0.1, 0.15) is 5.78 Å². The van der Waals surface area contributed by atoms with E-state index in [9.17, 15) is 14.4 Å². The number of hydrogen-bond donors (Lipinski definition) is 0. The Hall–Kier alpha value is -2.91. The highest BCUT2D eigenvalue weighted by Crippen LogP contribution is 2.15. The molecule has 2 aromatic heterocycles. The lowest BCUT2D eigenvalue weighted by Gasteiger charge is -2.03. The van der Waals surface area contributed by atoms with Crippen molar-refractivity contribution in [3.8, 4) is 0 Å². The van der Waals surface area contributed by atoms with Crippen LogP contribution in [0.4, 0.5) is 0 Å². The first kappa shape index (κ1) is 24.1. The topological polar surface area (TPSA) is 116 Å². The minimum absolute atomic E-state index is 0.0556. The number of ketones is 1. The Morgan fingerprint density at radius 1 is 0.963 bits per heavy atom. The van der Waals surface area contributed by atoms with Crippen molar-refractivity contribution < 1.29 is 14.4 Å². The first-order valence-corrected chi connectivity index (χ1v) is 8.37. The smallest absolute Gasteiger partial charge is 0.232 e. The van der Waals surface area contributed by atoms with Crippen LogP contribution in [-0.2, 0) is 28.5 Å². The molecule has 0 spiro atoms. The summed E-state index contributed by atoms with van der Waals surface area (Å²) in [4.78, 5) is 32.2. The molecule has 27 heavy (non-hydrogen) atoms. The lowest BCUT2D eigenvalue weighted by Crippen LogP contribution is -2.24. The van der Waals surface area contributed by atoms with Gasteiger partial charge < -0.3 is 4.79 Å². The summed E-state index contributed by atoms with van der Waals surface area (Å²) in [6.45, 7) is 8.64. The van der Waals surface area contributed by atoms with Crippen molar-refractivity contribution in [1.29, 1.82) is 0 Å². The Labute approximate surface area is 159 Å². The monoisotopic (exact) mass is 379 g/mol. The predicted octanol–water partition coefficient (Wildman–Crippen LogP) is 0.854. The SMILES string of the molecule is CC(C)=O.CC1CC(=O)N(C)C1=O.Cc1cn(C)nn1.Cc1cn(C)nn1. The summed E-state index contributed by atoms with van der Waals surface area (Å²) in [5, 5.41) is 14.8. The Morgan fingerprint density at radius 3 is 1.41 bits per heavy atom. The molecule has 1 unspecified atom stereocenters. The predicted molar refractivity (Wildman–Crippen MR) is 99.4 cm³/mol. The van der Waals surface area contributed by atoms with Gasteiger partial charge in [-0.15, -0.1) is 10.2 Å². The average Bonchev–Trinajstić information content (AvgIpc) is 3.18. The molecule has 3 heterocycles. The normalized spacial score (nSPS) is 15.1. The Morgan fingerprint density at radius 2 is 1.33 bits per heavy atom. The van der Waals surface area contributed by atoms with Crippen LogP contribution in [0.3, 0.4) is 0 Å². The summed E-state index contributed by atoms with van der Waals surface area (Å²) in [7, 11) is 5.22. The Bertz CT molecular complexity index is 676. The van der Waals surface area contributed by atoms with E-state index in [0.29, 0.717) is 6.42 Å². The van der Waals surface area contributed by atoms with Crippen molar-refractivity contribution in [2.75, 3.05) is 7.05 Å². The number of aryl methyl sites for hydroxylation is 4. The quantitative estimate of drug-likeness (QED) is 0.623. The van der Waals surface area contributed by atoms with Crippen LogP contribution in [-0.4, -0.2) is 59.5 Å². The van der Waals surface area contributed by atoms with Gasteiger partial charge in [0.25, 0.3) is 0 Å². The number of nitrogens with zero attached hydrogens (tertiary/aromatic N) is 7. The zero-order chi connectivity index (χ0) is 21.1. The van der Waals surface area contributed by atoms with Crippen LogP contribution in [0.25, 0.3) is 0 Å². The van der Waals surface area contributed by atoms with Gasteiger partial charge in [0.2, 0.25) is 11.8 Å². The molecule has 0 bridgehead atoms. The van der Waals surface area contributed by atoms with Crippen molar-refractivity contribution >= 4 is 17.6 Å². The molecule has 1 atom stereocenters. The zero-order valence-electron chi connectivity index (χ0n) is 17.3. The van der Waals surface area contributed by atoms with Gasteiger partial charge >= 0.3 is 0 Å². The largest absolute Gasteiger partial charge is 0.300 e. The second kappa shape index (κ2) is 11.7. The molecule has 2 amide bonds. The summed E-state index contributed by atoms with van der Waals surface area (Å²) in [6, 6.07) is 0. The molecule has 10 heteroatoms. The number of amides is 2. The fourth-order valence-electron chi connectivity index (χ4n) is 1.87. The second-order valence-corrected chi connectivity index (χ2v) is 6.37. The molecule has 1 saturated heterocycles. The van der Waals surface area contributed by atoms with E-state index in [1.165, 1.54) is 25.8 Å². The highest BCUT2D eigenvalue weighted by Gasteiger charge is 2.32. The van der Waals surface area contributed by atoms with Crippen LogP contribution in [0.15, 0.2) is 12.4 Å². The van der Waals surface area contributed by atoms with Gasteiger partial charge in [-0.25, -0.2) is 0 Å². The van der Waals surface area contributed by atoms with Gasteiger partial charge in [-0.05, 0) is 27.7 Å². The molecular weight excluding hydrogens is 350 g/mol. The minimum Gasteiger partial charge on any atom is -0.300 e. The summed E-state index contributed by atoms with van der Waals surface area (Å²) < 4.78 is 3.35. The van der Waals surface area contributed by atoms with Gasteiger partial charge in [0, 0.05) is 45.9 Å². The molecule has 0 aliphatic carbocycles. The number of likely N-dealkylation sites (tertiary alicyclic amines) is 1. The van der Waals surface area contributed by atoms with Crippen LogP contribution in [0, 0.1) is 19.8 Å². The van der Waals surface area contributed by atoms with E-state index in [1.807, 2.05) is 40.3 Å². The third-order valence-corrected chi connectivity index (χ3v) is 3.04. The van der Waals surface area contributed by atoms with Crippen LogP contribution >= 0.6 is 0 Å². The number of Topliss-reactive ketones (excluding diaryl/α,β-unsaturated/α-hetero) is 1. The number of carbonyl (C=O) groups excluding carboxylic acids is 3. The highest BCUT2D eigenvalue weighted by atomic mass is 16.2. The zero-order valence-corrected chi connectivity index (χ0v) is 17.3. The number of hydrogen-bond acceptors (Lipinski definition) is 7. The second-order valence-electron chi connectivity index (χ2n) is 6.37. The fraction of sp³-hybridized carbons (Fsp3) is 0.588. The van der Waals surface area contributed by atoms with Crippen LogP contribution < -0.4 is 0 Å². The van der Waals surface area contributed by atoms with Gasteiger partial charge in [-0.1, -0.05) is 17.4 Å². The van der Waals surface area contributed by atoms with E-state index in [4.69, 9.17) is 0 Å². The molecule has 3 rings (SSSR count). The van der Waals surface area contributed by atoms with Crippen molar-refractivity contribution in [2.45, 2.75) is 41.0 Å². The molecule has 1 fully saturated rings. The van der Waals surface area contributed by atoms with E-state index in [1.54, 1.807) is 16.3 Å². The van der Waals surface area contributed by atoms with E-state index in [0.717, 1.165) is 11.4 Å². The Balaban J connectivity index is 0.000000346.